The van der Waals surface area contributed by atoms with E-state index in [9.17, 15) is 4.79 Å². The van der Waals surface area contributed by atoms with Crippen molar-refractivity contribution < 1.29 is 4.79 Å². The van der Waals surface area contributed by atoms with Gasteiger partial charge in [-0.25, -0.2) is 4.79 Å². The van der Waals surface area contributed by atoms with Crippen LogP contribution in [0.4, 0.5) is 4.79 Å². The number of nitrogens with one attached hydrogen (secondary N) is 1. The monoisotopic (exact) mass is 285 g/mol. The maximum atomic E-state index is 12.4. The van der Waals surface area contributed by atoms with E-state index < -0.39 is 0 Å². The summed E-state index contributed by atoms with van der Waals surface area (Å²) in [6, 6.07) is 6.33. The van der Waals surface area contributed by atoms with Crippen LogP contribution < -0.4 is 5.32 Å². The van der Waals surface area contributed by atoms with Crippen LogP contribution in [-0.2, 0) is 6.54 Å². The molecule has 1 aromatic rings. The smallest absolute Gasteiger partial charge is 0.318 e. The predicted octanol–water partition coefficient (Wildman–Crippen LogP) is 3.11. The van der Waals surface area contributed by atoms with Gasteiger partial charge < -0.3 is 10.2 Å². The second-order valence-corrected chi connectivity index (χ2v) is 6.02. The zero-order valence-electron chi connectivity index (χ0n) is 12.4. The van der Waals surface area contributed by atoms with Crippen LogP contribution in [0.15, 0.2) is 36.5 Å². The number of allylic oxidation sites excluding steroid dienone is 2. The number of amides is 2. The quantitative estimate of drug-likeness (QED) is 0.845. The van der Waals surface area contributed by atoms with Crippen molar-refractivity contribution in [2.75, 3.05) is 6.54 Å². The molecule has 0 saturated heterocycles. The molecule has 21 heavy (non-hydrogen) atoms. The molecule has 0 radical (unpaired) electrons. The van der Waals surface area contributed by atoms with Gasteiger partial charge in [0.25, 0.3) is 0 Å². The van der Waals surface area contributed by atoms with Crippen LogP contribution in [0.3, 0.4) is 0 Å². The minimum atomic E-state index is 0.0673. The van der Waals surface area contributed by atoms with Crippen LogP contribution in [0, 0.1) is 5.92 Å². The van der Waals surface area contributed by atoms with Gasteiger partial charge >= 0.3 is 6.03 Å². The van der Waals surface area contributed by atoms with Crippen LogP contribution >= 0.6 is 0 Å². The Morgan fingerprint density at radius 3 is 2.86 bits per heavy atom. The Morgan fingerprint density at radius 2 is 2.19 bits per heavy atom. The van der Waals surface area contributed by atoms with Crippen LogP contribution in [0.25, 0.3) is 0 Å². The molecule has 0 aliphatic heterocycles. The van der Waals surface area contributed by atoms with Crippen molar-refractivity contribution in [3.63, 3.8) is 0 Å². The van der Waals surface area contributed by atoms with Crippen molar-refractivity contribution in [1.29, 1.82) is 0 Å². The van der Waals surface area contributed by atoms with E-state index in [1.54, 1.807) is 6.20 Å². The second kappa shape index (κ2) is 6.74. The fourth-order valence-corrected chi connectivity index (χ4v) is 2.79. The molecule has 3 rings (SSSR count). The van der Waals surface area contributed by atoms with E-state index >= 15 is 0 Å². The van der Waals surface area contributed by atoms with Gasteiger partial charge in [0.1, 0.15) is 0 Å². The number of hydrogen-bond acceptors (Lipinski definition) is 2. The highest BCUT2D eigenvalue weighted by Gasteiger charge is 2.32. The van der Waals surface area contributed by atoms with Crippen molar-refractivity contribution >= 4 is 6.03 Å². The van der Waals surface area contributed by atoms with E-state index in [2.05, 4.69) is 22.5 Å². The number of pyridine rings is 1. The average Bonchev–Trinajstić information content (AvgIpc) is 3.37. The standard InChI is InChI=1S/C17H23N3O/c21-17(19-12-14-6-2-1-3-7-14)20(16-9-10-16)13-15-8-4-5-11-18-15/h1-2,4-5,8,11,14,16H,3,6-7,9-10,12-13H2,(H,19,21). The highest BCUT2D eigenvalue weighted by Crippen LogP contribution is 2.28. The molecule has 4 heteroatoms. The summed E-state index contributed by atoms with van der Waals surface area (Å²) in [5.74, 6) is 0.592. The predicted molar refractivity (Wildman–Crippen MR) is 82.7 cm³/mol. The molecule has 0 spiro atoms. The minimum absolute atomic E-state index is 0.0673. The third-order valence-electron chi connectivity index (χ3n) is 4.23. The lowest BCUT2D eigenvalue weighted by atomic mass is 9.94. The number of rotatable bonds is 5. The average molecular weight is 285 g/mol. The lowest BCUT2D eigenvalue weighted by molar-refractivity contribution is 0.189. The molecule has 112 valence electrons. The summed E-state index contributed by atoms with van der Waals surface area (Å²) in [7, 11) is 0. The molecule has 1 heterocycles. The van der Waals surface area contributed by atoms with E-state index in [4.69, 9.17) is 0 Å². The molecule has 2 aliphatic carbocycles. The summed E-state index contributed by atoms with van der Waals surface area (Å²) in [5.41, 5.74) is 0.958. The molecule has 1 atom stereocenters. The third-order valence-corrected chi connectivity index (χ3v) is 4.23. The Bertz CT molecular complexity index is 496. The first-order valence-corrected chi connectivity index (χ1v) is 7.92. The Kier molecular flexibility index (Phi) is 4.53. The minimum Gasteiger partial charge on any atom is -0.338 e. The fourth-order valence-electron chi connectivity index (χ4n) is 2.79. The first-order valence-electron chi connectivity index (χ1n) is 7.92. The van der Waals surface area contributed by atoms with Gasteiger partial charge in [0.15, 0.2) is 0 Å². The topological polar surface area (TPSA) is 45.2 Å². The van der Waals surface area contributed by atoms with Gasteiger partial charge in [-0.15, -0.1) is 0 Å². The number of nitrogens with zero attached hydrogens (tertiary/aromatic N) is 2. The SMILES string of the molecule is O=C(NCC1CC=CCC1)N(Cc1ccccn1)C1CC1. The number of carbonyl (C=O) groups excluding carboxylic acids is 1. The van der Waals surface area contributed by atoms with Crippen molar-refractivity contribution in [3.8, 4) is 0 Å². The molecule has 1 N–H and O–H groups in total. The van der Waals surface area contributed by atoms with Gasteiger partial charge in [0.2, 0.25) is 0 Å². The van der Waals surface area contributed by atoms with Gasteiger partial charge in [-0.05, 0) is 50.2 Å². The molecule has 0 aromatic carbocycles. The van der Waals surface area contributed by atoms with Crippen LogP contribution in [0.5, 0.6) is 0 Å². The summed E-state index contributed by atoms with van der Waals surface area (Å²) >= 11 is 0. The molecule has 2 aliphatic rings. The normalized spacial score (nSPS) is 21.0. The fraction of sp³-hybridized carbons (Fsp3) is 0.529. The van der Waals surface area contributed by atoms with E-state index in [0.717, 1.165) is 37.9 Å². The number of aromatic nitrogens is 1. The van der Waals surface area contributed by atoms with Crippen molar-refractivity contribution in [1.82, 2.24) is 15.2 Å². The number of carbonyl (C=O) groups is 1. The van der Waals surface area contributed by atoms with E-state index in [0.29, 0.717) is 18.5 Å². The molecule has 4 nitrogen and oxygen atoms in total. The maximum Gasteiger partial charge on any atom is 0.318 e. The zero-order chi connectivity index (χ0) is 14.5. The lowest BCUT2D eigenvalue weighted by Crippen LogP contribution is -2.42. The lowest BCUT2D eigenvalue weighted by Gasteiger charge is -2.25. The van der Waals surface area contributed by atoms with E-state index in [1.807, 2.05) is 23.1 Å². The summed E-state index contributed by atoms with van der Waals surface area (Å²) in [4.78, 5) is 18.7. The molecule has 1 fully saturated rings. The van der Waals surface area contributed by atoms with E-state index in [-0.39, 0.29) is 6.03 Å². The van der Waals surface area contributed by atoms with Crippen LogP contribution in [0.2, 0.25) is 0 Å². The molecular weight excluding hydrogens is 262 g/mol. The summed E-state index contributed by atoms with van der Waals surface area (Å²) in [6.45, 7) is 1.40. The summed E-state index contributed by atoms with van der Waals surface area (Å²) in [6.07, 6.45) is 11.9. The molecule has 0 bridgehead atoms. The first-order chi connectivity index (χ1) is 10.3. The van der Waals surface area contributed by atoms with Gasteiger partial charge in [-0.3, -0.25) is 4.98 Å². The zero-order valence-corrected chi connectivity index (χ0v) is 12.4. The molecule has 1 aromatic heterocycles. The van der Waals surface area contributed by atoms with Crippen LogP contribution in [-0.4, -0.2) is 28.5 Å². The van der Waals surface area contributed by atoms with Crippen molar-refractivity contribution in [2.45, 2.75) is 44.7 Å². The Morgan fingerprint density at radius 1 is 1.29 bits per heavy atom. The Labute approximate surface area is 126 Å². The van der Waals surface area contributed by atoms with Gasteiger partial charge in [-0.1, -0.05) is 18.2 Å². The molecule has 2 amide bonds. The largest absolute Gasteiger partial charge is 0.338 e. The summed E-state index contributed by atoms with van der Waals surface area (Å²) in [5, 5.41) is 3.12. The van der Waals surface area contributed by atoms with Gasteiger partial charge in [-0.2, -0.15) is 0 Å². The Balaban J connectivity index is 1.53. The molecule has 1 saturated carbocycles. The molecular formula is C17H23N3O. The summed E-state index contributed by atoms with van der Waals surface area (Å²) < 4.78 is 0. The second-order valence-electron chi connectivity index (χ2n) is 6.02. The maximum absolute atomic E-state index is 12.4. The molecule has 1 unspecified atom stereocenters. The first kappa shape index (κ1) is 14.1. The Hall–Kier alpha value is -1.84. The highest BCUT2D eigenvalue weighted by molar-refractivity contribution is 5.74. The van der Waals surface area contributed by atoms with Gasteiger partial charge in [0.05, 0.1) is 12.2 Å². The van der Waals surface area contributed by atoms with Crippen molar-refractivity contribution in [3.05, 3.63) is 42.2 Å². The number of urea groups is 1. The third kappa shape index (κ3) is 4.06. The van der Waals surface area contributed by atoms with Crippen LogP contribution in [0.1, 0.15) is 37.8 Å². The van der Waals surface area contributed by atoms with E-state index in [1.165, 1.54) is 6.42 Å². The van der Waals surface area contributed by atoms with Crippen molar-refractivity contribution in [2.24, 2.45) is 5.92 Å². The van der Waals surface area contributed by atoms with Gasteiger partial charge in [0, 0.05) is 18.8 Å². The highest BCUT2D eigenvalue weighted by atomic mass is 16.2. The number of hydrogen-bond donors (Lipinski definition) is 1.